The van der Waals surface area contributed by atoms with Crippen molar-refractivity contribution in [1.82, 2.24) is 19.9 Å². The number of hydrogen-bond acceptors (Lipinski definition) is 11. The zero-order valence-corrected chi connectivity index (χ0v) is 29.6. The first kappa shape index (κ1) is 35.8. The molecule has 3 aromatic rings. The summed E-state index contributed by atoms with van der Waals surface area (Å²) in [7, 11) is 3.54. The Kier molecular flexibility index (Phi) is 9.64. The van der Waals surface area contributed by atoms with Gasteiger partial charge in [-0.1, -0.05) is 13.8 Å². The maximum Gasteiger partial charge on any atom is 0.379 e. The van der Waals surface area contributed by atoms with Gasteiger partial charge in [-0.2, -0.15) is 0 Å². The number of carbonyl (C=O) groups is 6. The predicted octanol–water partition coefficient (Wildman–Crippen LogP) is 5.67. The van der Waals surface area contributed by atoms with Crippen LogP contribution in [0.15, 0.2) is 18.2 Å². The third-order valence-electron chi connectivity index (χ3n) is 10.1. The van der Waals surface area contributed by atoms with Crippen LogP contribution >= 0.6 is 0 Å². The van der Waals surface area contributed by atoms with Crippen LogP contribution in [0.3, 0.4) is 0 Å². The van der Waals surface area contributed by atoms with Crippen molar-refractivity contribution in [1.29, 1.82) is 0 Å². The summed E-state index contributed by atoms with van der Waals surface area (Å²) in [5.74, 6) is -5.05. The minimum Gasteiger partial charge on any atom is -0.469 e. The Hall–Kier alpha value is -5.46. The van der Waals surface area contributed by atoms with Crippen LogP contribution in [0.5, 0.6) is 0 Å². The number of nitrogens with zero attached hydrogens (tertiary/aromatic N) is 2. The van der Waals surface area contributed by atoms with E-state index in [2.05, 4.69) is 9.97 Å². The van der Waals surface area contributed by atoms with Gasteiger partial charge in [-0.15, -0.1) is 0 Å². The first-order chi connectivity index (χ1) is 23.6. The molecule has 0 saturated carbocycles. The summed E-state index contributed by atoms with van der Waals surface area (Å²) in [6.45, 7) is 10.3. The number of nitrogens with one attached hydrogen (secondary N) is 2. The van der Waals surface area contributed by atoms with E-state index in [0.29, 0.717) is 51.0 Å². The lowest BCUT2D eigenvalue weighted by atomic mass is 9.80. The van der Waals surface area contributed by atoms with E-state index in [9.17, 15) is 28.8 Å². The number of ketones is 3. The quantitative estimate of drug-likeness (QED) is 0.129. The number of aromatic nitrogens is 4. The number of aryl methyl sites for hydroxylation is 2. The first-order valence-corrected chi connectivity index (χ1v) is 16.2. The average molecular weight is 685 g/mol. The Morgan fingerprint density at radius 1 is 0.860 bits per heavy atom. The molecule has 13 heteroatoms. The minimum atomic E-state index is -1.20. The fourth-order valence-corrected chi connectivity index (χ4v) is 6.89. The van der Waals surface area contributed by atoms with Crippen molar-refractivity contribution < 1.29 is 43.0 Å². The molecule has 0 amide bonds. The smallest absolute Gasteiger partial charge is 0.379 e. The molecule has 0 fully saturated rings. The Morgan fingerprint density at radius 3 is 2.12 bits per heavy atom. The van der Waals surface area contributed by atoms with Gasteiger partial charge >= 0.3 is 17.9 Å². The molecule has 13 nitrogen and oxygen atoms in total. The molecule has 3 aromatic heterocycles. The monoisotopic (exact) mass is 684 g/mol. The van der Waals surface area contributed by atoms with E-state index >= 15 is 0 Å². The van der Waals surface area contributed by atoms with Crippen LogP contribution in [0.25, 0.3) is 22.1 Å². The van der Waals surface area contributed by atoms with Crippen LogP contribution in [-0.4, -0.2) is 76.5 Å². The SMILES string of the molecule is CCC1(C)C(=O)c2cc3[nH]c(cc4nc(c(C(=O)C(=O)OC)c5[nH]c(cc1n2)c(C)c5C(=O)OC)[C@@H](CCC(=O)OC)[C@@H]4C)c(C)c3C(C)=O. The van der Waals surface area contributed by atoms with Crippen molar-refractivity contribution in [2.24, 2.45) is 0 Å². The molecular weight excluding hydrogens is 644 g/mol. The lowest BCUT2D eigenvalue weighted by Gasteiger charge is -2.19. The maximum atomic E-state index is 14.1. The number of H-pyrrole nitrogens is 2. The van der Waals surface area contributed by atoms with Crippen molar-refractivity contribution in [3.05, 3.63) is 68.8 Å². The zero-order chi connectivity index (χ0) is 36.8. The van der Waals surface area contributed by atoms with Crippen LogP contribution in [0, 0.1) is 13.8 Å². The van der Waals surface area contributed by atoms with Gasteiger partial charge in [0.1, 0.15) is 5.69 Å². The topological polar surface area (TPSA) is 187 Å². The van der Waals surface area contributed by atoms with Gasteiger partial charge in [-0.05, 0) is 69.9 Å². The first-order valence-electron chi connectivity index (χ1n) is 16.2. The molecule has 5 heterocycles. The number of rotatable bonds is 8. The molecule has 3 atom stereocenters. The van der Waals surface area contributed by atoms with E-state index < -0.39 is 40.9 Å². The van der Waals surface area contributed by atoms with Gasteiger partial charge in [0.2, 0.25) is 0 Å². The van der Waals surface area contributed by atoms with Gasteiger partial charge in [0.05, 0.1) is 60.3 Å². The van der Waals surface area contributed by atoms with Gasteiger partial charge in [0, 0.05) is 40.5 Å². The molecular formula is C37H40N4O9. The lowest BCUT2D eigenvalue weighted by Crippen LogP contribution is -2.27. The van der Waals surface area contributed by atoms with Crippen LogP contribution in [0.1, 0.15) is 129 Å². The van der Waals surface area contributed by atoms with Gasteiger partial charge in [-0.25, -0.2) is 14.6 Å². The molecule has 0 saturated heterocycles. The highest BCUT2D eigenvalue weighted by molar-refractivity contribution is 6.43. The third-order valence-corrected chi connectivity index (χ3v) is 10.1. The summed E-state index contributed by atoms with van der Waals surface area (Å²) in [6.07, 6.45) is 0.535. The Balaban J connectivity index is 2.09. The van der Waals surface area contributed by atoms with Crippen LogP contribution < -0.4 is 0 Å². The fourth-order valence-electron chi connectivity index (χ4n) is 6.89. The summed E-state index contributed by atoms with van der Waals surface area (Å²) in [5, 5.41) is 0. The molecule has 0 radical (unpaired) electrons. The average Bonchev–Trinajstić information content (AvgIpc) is 3.76. The minimum absolute atomic E-state index is 0.0238. The van der Waals surface area contributed by atoms with Crippen molar-refractivity contribution in [2.75, 3.05) is 21.3 Å². The summed E-state index contributed by atoms with van der Waals surface area (Å²) in [5.41, 5.74) is 2.41. The number of carbonyl (C=O) groups excluding carboxylic acids is 6. The second-order valence-corrected chi connectivity index (χ2v) is 12.9. The number of esters is 3. The Morgan fingerprint density at radius 2 is 1.52 bits per heavy atom. The molecule has 1 unspecified atom stereocenters. The highest BCUT2D eigenvalue weighted by atomic mass is 16.5. The molecule has 0 aromatic carbocycles. The predicted molar refractivity (Wildman–Crippen MR) is 183 cm³/mol. The molecule has 50 heavy (non-hydrogen) atoms. The number of methoxy groups -OCH3 is 3. The molecule has 2 aliphatic heterocycles. The Bertz CT molecular complexity index is 2160. The van der Waals surface area contributed by atoms with Crippen molar-refractivity contribution >= 4 is 57.3 Å². The van der Waals surface area contributed by atoms with E-state index in [0.717, 1.165) is 7.11 Å². The van der Waals surface area contributed by atoms with Gasteiger partial charge < -0.3 is 24.2 Å². The number of fused-ring (bicyclic) bond motifs is 8. The number of hydrogen-bond donors (Lipinski definition) is 2. The third kappa shape index (κ3) is 5.80. The van der Waals surface area contributed by atoms with E-state index in [1.54, 1.807) is 39.0 Å². The van der Waals surface area contributed by atoms with Crippen LogP contribution in [0.2, 0.25) is 0 Å². The highest BCUT2D eigenvalue weighted by Crippen LogP contribution is 2.43. The van der Waals surface area contributed by atoms with E-state index in [1.807, 2.05) is 13.8 Å². The largest absolute Gasteiger partial charge is 0.469 e. The van der Waals surface area contributed by atoms with Crippen LogP contribution in [0.4, 0.5) is 0 Å². The molecule has 8 bridgehead atoms. The zero-order valence-electron chi connectivity index (χ0n) is 29.6. The fraction of sp³-hybridized carbons (Fsp3) is 0.405. The van der Waals surface area contributed by atoms with Crippen LogP contribution in [-0.2, 0) is 29.2 Å². The van der Waals surface area contributed by atoms with Gasteiger partial charge in [0.15, 0.2) is 11.6 Å². The number of ether oxygens (including phenoxy) is 3. The standard InChI is InChI=1S/C37H40N4O9/c1-10-37(6)26-15-23-18(4)29(35(46)49-8)32(41-23)30(33(44)36(47)50-9)31-20(11-12-27(43)48-7)16(2)21(40-31)13-22-17(3)28(19(5)42)24(38-22)14-25(39-26)34(37)45/h13-16,20,38,41H,10-12H2,1-9H3/t16-,20-,37?/m0/s1. The van der Waals surface area contributed by atoms with Gasteiger partial charge in [0.25, 0.3) is 5.78 Å². The number of Topliss-reactive ketones (excluding diaryl/α,β-unsaturated/α-hetero) is 3. The van der Waals surface area contributed by atoms with Crippen molar-refractivity contribution in [3.63, 3.8) is 0 Å². The second-order valence-electron chi connectivity index (χ2n) is 12.9. The van der Waals surface area contributed by atoms with Crippen molar-refractivity contribution in [2.45, 2.75) is 78.1 Å². The lowest BCUT2D eigenvalue weighted by molar-refractivity contribution is -0.140. The van der Waals surface area contributed by atoms with E-state index in [4.69, 9.17) is 24.2 Å². The summed E-state index contributed by atoms with van der Waals surface area (Å²) >= 11 is 0. The van der Waals surface area contributed by atoms with Gasteiger partial charge in [-0.3, -0.25) is 24.2 Å². The summed E-state index contributed by atoms with van der Waals surface area (Å²) < 4.78 is 14.9. The molecule has 2 N–H and O–H groups in total. The second kappa shape index (κ2) is 13.4. The summed E-state index contributed by atoms with van der Waals surface area (Å²) in [4.78, 5) is 95.9. The molecule has 5 rings (SSSR count). The van der Waals surface area contributed by atoms with Crippen molar-refractivity contribution in [3.8, 4) is 0 Å². The number of aromatic amines is 2. The molecule has 2 aliphatic rings. The Labute approximate surface area is 288 Å². The molecule has 262 valence electrons. The normalized spacial score (nSPS) is 18.5. The van der Waals surface area contributed by atoms with E-state index in [1.165, 1.54) is 21.1 Å². The highest BCUT2D eigenvalue weighted by Gasteiger charge is 2.42. The summed E-state index contributed by atoms with van der Waals surface area (Å²) in [6, 6.07) is 4.95. The maximum absolute atomic E-state index is 14.1. The van der Waals surface area contributed by atoms with E-state index in [-0.39, 0.29) is 52.4 Å². The molecule has 0 aliphatic carbocycles. The molecule has 0 spiro atoms.